The fourth-order valence-corrected chi connectivity index (χ4v) is 0.968. The third-order valence-corrected chi connectivity index (χ3v) is 2.05. The number of aliphatic hydroxyl groups is 1. The Morgan fingerprint density at radius 2 is 1.63 bits per heavy atom. The van der Waals surface area contributed by atoms with Gasteiger partial charge in [-0.05, 0) is 6.92 Å². The summed E-state index contributed by atoms with van der Waals surface area (Å²) in [5, 5.41) is 8.79. The highest BCUT2D eigenvalue weighted by Crippen LogP contribution is 2.48. The van der Waals surface area contributed by atoms with Crippen LogP contribution in [0.5, 0.6) is 0 Å². The van der Waals surface area contributed by atoms with Crippen LogP contribution in [0.4, 0.5) is 30.7 Å². The molecule has 2 unspecified atom stereocenters. The number of rotatable bonds is 5. The van der Waals surface area contributed by atoms with Crippen molar-refractivity contribution in [1.82, 2.24) is 0 Å². The summed E-state index contributed by atoms with van der Waals surface area (Å²) in [4.78, 5) is 10.8. The van der Waals surface area contributed by atoms with Gasteiger partial charge in [-0.25, -0.2) is 0 Å². The molecule has 0 spiro atoms. The molecule has 0 saturated carbocycles. The van der Waals surface area contributed by atoms with Crippen LogP contribution < -0.4 is 5.73 Å². The predicted octanol–water partition coefficient (Wildman–Crippen LogP) is 1.07. The Bertz CT molecular complexity index is 331. The molecule has 2 atom stereocenters. The van der Waals surface area contributed by atoms with E-state index in [0.717, 1.165) is 0 Å². The van der Waals surface area contributed by atoms with Crippen LogP contribution >= 0.6 is 0 Å². The molecule has 19 heavy (non-hydrogen) atoms. The molecule has 0 rings (SSSR count). The number of hydrogen-bond acceptors (Lipinski definition) is 4. The monoisotopic (exact) mass is 301 g/mol. The summed E-state index contributed by atoms with van der Waals surface area (Å²) in [5.41, 5.74) is 4.67. The maximum absolute atomic E-state index is 12.9. The number of halogens is 7. The van der Waals surface area contributed by atoms with E-state index in [1.165, 1.54) is 6.92 Å². The second-order valence-electron chi connectivity index (χ2n) is 3.42. The topological polar surface area (TPSA) is 72.5 Å². The summed E-state index contributed by atoms with van der Waals surface area (Å²) in [6, 6.07) is -2.75. The van der Waals surface area contributed by atoms with Gasteiger partial charge in [0.2, 0.25) is 0 Å². The Morgan fingerprint density at radius 1 is 1.21 bits per heavy atom. The lowest BCUT2D eigenvalue weighted by Gasteiger charge is -2.33. The number of hydrogen-bond donors (Lipinski definition) is 2. The van der Waals surface area contributed by atoms with Crippen molar-refractivity contribution in [3.05, 3.63) is 0 Å². The van der Waals surface area contributed by atoms with Crippen molar-refractivity contribution >= 4 is 5.97 Å². The van der Waals surface area contributed by atoms with Crippen molar-refractivity contribution in [2.24, 2.45) is 5.73 Å². The number of carbonyl (C=O) groups is 1. The van der Waals surface area contributed by atoms with Crippen LogP contribution in [0.3, 0.4) is 0 Å². The van der Waals surface area contributed by atoms with Gasteiger partial charge in [0.1, 0.15) is 12.1 Å². The van der Waals surface area contributed by atoms with Gasteiger partial charge in [-0.1, -0.05) is 0 Å². The van der Waals surface area contributed by atoms with Crippen molar-refractivity contribution < 1.29 is 45.4 Å². The molecule has 0 aromatic carbocycles. The van der Waals surface area contributed by atoms with Gasteiger partial charge in [-0.2, -0.15) is 30.7 Å². The minimum atomic E-state index is -6.62. The minimum Gasteiger partial charge on any atom is -0.465 e. The third-order valence-electron chi connectivity index (χ3n) is 2.05. The molecular weight excluding hydrogens is 291 g/mol. The van der Waals surface area contributed by atoms with E-state index < -0.39 is 36.1 Å². The van der Waals surface area contributed by atoms with E-state index >= 15 is 0 Å². The number of carbonyl (C=O) groups excluding carboxylic acids is 1. The van der Waals surface area contributed by atoms with Gasteiger partial charge in [-0.3, -0.25) is 4.79 Å². The molecule has 0 heterocycles. The molecule has 0 aromatic rings. The SMILES string of the molecule is CCOC(=O)C(N)C(O)C(F)(F)C(F)(F)C(F)(F)F. The Kier molecular flexibility index (Phi) is 5.17. The smallest absolute Gasteiger partial charge is 0.459 e. The summed E-state index contributed by atoms with van der Waals surface area (Å²) in [7, 11) is 0. The fourth-order valence-electron chi connectivity index (χ4n) is 0.968. The van der Waals surface area contributed by atoms with Crippen LogP contribution in [0.2, 0.25) is 0 Å². The standard InChI is InChI=1S/C8H10F7NO3/c1-2-19-5(18)3(16)4(17)6(9,10)7(11,12)8(13,14)15/h3-4,17H,2,16H2,1H3. The first-order valence-corrected chi connectivity index (χ1v) is 4.73. The highest BCUT2D eigenvalue weighted by Gasteiger charge is 2.76. The van der Waals surface area contributed by atoms with Crippen molar-refractivity contribution in [2.45, 2.75) is 37.1 Å². The number of ether oxygens (including phenoxy) is 1. The lowest BCUT2D eigenvalue weighted by Crippen LogP contribution is -2.63. The van der Waals surface area contributed by atoms with Crippen LogP contribution in [0.15, 0.2) is 0 Å². The van der Waals surface area contributed by atoms with Crippen molar-refractivity contribution in [2.75, 3.05) is 6.61 Å². The molecule has 11 heteroatoms. The van der Waals surface area contributed by atoms with Gasteiger partial charge < -0.3 is 15.6 Å². The second kappa shape index (κ2) is 5.49. The highest BCUT2D eigenvalue weighted by molar-refractivity contribution is 5.76. The molecule has 0 radical (unpaired) electrons. The van der Waals surface area contributed by atoms with Crippen LogP contribution in [0, 0.1) is 0 Å². The summed E-state index contributed by atoms with van der Waals surface area (Å²) < 4.78 is 90.4. The summed E-state index contributed by atoms with van der Waals surface area (Å²) in [6.45, 7) is 0.819. The quantitative estimate of drug-likeness (QED) is 0.588. The molecule has 0 bridgehead atoms. The molecule has 3 N–H and O–H groups in total. The number of aliphatic hydroxyl groups excluding tert-OH is 1. The van der Waals surface area contributed by atoms with Crippen LogP contribution in [-0.2, 0) is 9.53 Å². The van der Waals surface area contributed by atoms with Gasteiger partial charge in [-0.15, -0.1) is 0 Å². The minimum absolute atomic E-state index is 0.388. The molecule has 0 aromatic heterocycles. The first-order chi connectivity index (χ1) is 8.30. The molecule has 4 nitrogen and oxygen atoms in total. The first kappa shape index (κ1) is 17.9. The van der Waals surface area contributed by atoms with Crippen LogP contribution in [-0.4, -0.2) is 47.8 Å². The Morgan fingerprint density at radius 3 is 1.95 bits per heavy atom. The zero-order valence-corrected chi connectivity index (χ0v) is 9.35. The predicted molar refractivity (Wildman–Crippen MR) is 46.6 cm³/mol. The van der Waals surface area contributed by atoms with E-state index in [-0.39, 0.29) is 6.61 Å². The average molecular weight is 301 g/mol. The van der Waals surface area contributed by atoms with E-state index in [4.69, 9.17) is 5.11 Å². The Hall–Kier alpha value is -1.10. The maximum Gasteiger partial charge on any atom is 0.459 e. The molecule has 0 saturated heterocycles. The number of nitrogens with two attached hydrogens (primary N) is 1. The van der Waals surface area contributed by atoms with E-state index in [9.17, 15) is 35.5 Å². The number of esters is 1. The van der Waals surface area contributed by atoms with E-state index in [1.54, 1.807) is 0 Å². The molecule has 114 valence electrons. The van der Waals surface area contributed by atoms with Gasteiger partial charge >= 0.3 is 24.0 Å². The van der Waals surface area contributed by atoms with Gasteiger partial charge in [0.25, 0.3) is 0 Å². The fraction of sp³-hybridized carbons (Fsp3) is 0.875. The van der Waals surface area contributed by atoms with Gasteiger partial charge in [0.05, 0.1) is 6.61 Å². The van der Waals surface area contributed by atoms with Crippen molar-refractivity contribution in [1.29, 1.82) is 0 Å². The first-order valence-electron chi connectivity index (χ1n) is 4.73. The van der Waals surface area contributed by atoms with Crippen LogP contribution in [0.25, 0.3) is 0 Å². The van der Waals surface area contributed by atoms with E-state index in [2.05, 4.69) is 10.5 Å². The zero-order valence-electron chi connectivity index (χ0n) is 9.35. The number of alkyl halides is 7. The Balaban J connectivity index is 5.26. The van der Waals surface area contributed by atoms with E-state index in [0.29, 0.717) is 0 Å². The van der Waals surface area contributed by atoms with Crippen molar-refractivity contribution in [3.8, 4) is 0 Å². The molecule has 0 aliphatic heterocycles. The summed E-state index contributed by atoms with van der Waals surface area (Å²) in [6.07, 6.45) is -10.4. The summed E-state index contributed by atoms with van der Waals surface area (Å²) in [5.74, 6) is -14.3. The van der Waals surface area contributed by atoms with Crippen LogP contribution in [0.1, 0.15) is 6.92 Å². The zero-order chi connectivity index (χ0) is 15.6. The van der Waals surface area contributed by atoms with Gasteiger partial charge in [0.15, 0.2) is 0 Å². The third kappa shape index (κ3) is 3.26. The van der Waals surface area contributed by atoms with Crippen molar-refractivity contribution in [3.63, 3.8) is 0 Å². The molecule has 0 aliphatic carbocycles. The Labute approximate surface area is 102 Å². The lowest BCUT2D eigenvalue weighted by molar-refractivity contribution is -0.371. The molecule has 0 aliphatic rings. The largest absolute Gasteiger partial charge is 0.465 e. The average Bonchev–Trinajstić information content (AvgIpc) is 2.25. The molecular formula is C8H10F7NO3. The molecule has 0 amide bonds. The highest BCUT2D eigenvalue weighted by atomic mass is 19.4. The van der Waals surface area contributed by atoms with E-state index in [1.807, 2.05) is 0 Å². The maximum atomic E-state index is 12.9. The molecule has 0 fully saturated rings. The summed E-state index contributed by atoms with van der Waals surface area (Å²) >= 11 is 0. The normalized spacial score (nSPS) is 16.9. The van der Waals surface area contributed by atoms with Gasteiger partial charge in [0, 0.05) is 0 Å². The second-order valence-corrected chi connectivity index (χ2v) is 3.42. The lowest BCUT2D eigenvalue weighted by atomic mass is 9.99.